The van der Waals surface area contributed by atoms with Crippen molar-refractivity contribution >= 4 is 11.6 Å². The number of nitrogens with one attached hydrogen (secondary N) is 2. The molecule has 0 aliphatic carbocycles. The predicted molar refractivity (Wildman–Crippen MR) is 83.9 cm³/mol. The summed E-state index contributed by atoms with van der Waals surface area (Å²) in [6, 6.07) is 14.2. The lowest BCUT2D eigenvalue weighted by Gasteiger charge is -2.28. The number of hydrogen-bond donors (Lipinski definition) is 2. The van der Waals surface area contributed by atoms with Gasteiger partial charge >= 0.3 is 0 Å². The van der Waals surface area contributed by atoms with E-state index in [2.05, 4.69) is 39.9 Å². The second-order valence-electron chi connectivity index (χ2n) is 5.00. The molecule has 21 heavy (non-hydrogen) atoms. The Bertz CT molecular complexity index is 561. The van der Waals surface area contributed by atoms with Crippen molar-refractivity contribution in [3.63, 3.8) is 0 Å². The zero-order chi connectivity index (χ0) is 14.5. The second-order valence-corrected chi connectivity index (χ2v) is 5.53. The highest BCUT2D eigenvalue weighted by Crippen LogP contribution is 2.17. The lowest BCUT2D eigenvalue weighted by molar-refractivity contribution is 0.00598. The lowest BCUT2D eigenvalue weighted by Crippen LogP contribution is -2.53. The minimum Gasteiger partial charge on any atom is -0.357 e. The Morgan fingerprint density at radius 3 is 2.71 bits per heavy atom. The minimum atomic E-state index is -0.0738. The van der Waals surface area contributed by atoms with Crippen LogP contribution in [-0.4, -0.2) is 29.8 Å². The average molecular weight is 304 g/mol. The number of alkyl halides is 1. The van der Waals surface area contributed by atoms with Crippen LogP contribution in [0.3, 0.4) is 0 Å². The number of benzene rings is 1. The smallest absolute Gasteiger partial charge is 0.122 e. The molecule has 110 valence electrons. The fourth-order valence-electron chi connectivity index (χ4n) is 2.27. The maximum atomic E-state index is 6.02. The van der Waals surface area contributed by atoms with E-state index >= 15 is 0 Å². The number of hydrogen-bond acceptors (Lipinski definition) is 4. The summed E-state index contributed by atoms with van der Waals surface area (Å²) in [6.45, 7) is 2.10. The molecule has 2 heterocycles. The van der Waals surface area contributed by atoms with Crippen LogP contribution in [0.15, 0.2) is 48.7 Å². The molecule has 0 radical (unpaired) electrons. The Labute approximate surface area is 129 Å². The van der Waals surface area contributed by atoms with E-state index in [4.69, 9.17) is 16.3 Å². The van der Waals surface area contributed by atoms with Gasteiger partial charge in [0, 0.05) is 24.8 Å². The third-order valence-electron chi connectivity index (χ3n) is 3.39. The van der Waals surface area contributed by atoms with Gasteiger partial charge in [0.1, 0.15) is 6.23 Å². The van der Waals surface area contributed by atoms with Crippen molar-refractivity contribution in [2.24, 2.45) is 0 Å². The first-order valence-electron chi connectivity index (χ1n) is 7.04. The zero-order valence-electron chi connectivity index (χ0n) is 11.6. The molecule has 1 aromatic heterocycles. The molecule has 0 amide bonds. The fraction of sp³-hybridized carbons (Fsp3) is 0.312. The zero-order valence-corrected chi connectivity index (χ0v) is 12.4. The van der Waals surface area contributed by atoms with Gasteiger partial charge in [-0.25, -0.2) is 0 Å². The summed E-state index contributed by atoms with van der Waals surface area (Å²) in [4.78, 5) is 4.34. The first kappa shape index (κ1) is 14.5. The van der Waals surface area contributed by atoms with Crippen molar-refractivity contribution < 1.29 is 4.74 Å². The van der Waals surface area contributed by atoms with Gasteiger partial charge in [-0.15, -0.1) is 11.6 Å². The van der Waals surface area contributed by atoms with Crippen LogP contribution in [0.4, 0.5) is 0 Å². The van der Waals surface area contributed by atoms with Crippen LogP contribution in [0.1, 0.15) is 5.56 Å². The minimum absolute atomic E-state index is 0.0447. The molecule has 2 aromatic rings. The van der Waals surface area contributed by atoms with Crippen LogP contribution in [-0.2, 0) is 11.3 Å². The molecule has 2 atom stereocenters. The molecule has 4 nitrogen and oxygen atoms in total. The van der Waals surface area contributed by atoms with Crippen molar-refractivity contribution in [1.29, 1.82) is 0 Å². The summed E-state index contributed by atoms with van der Waals surface area (Å²) >= 11 is 6.02. The number of pyridine rings is 1. The van der Waals surface area contributed by atoms with Gasteiger partial charge in [0.05, 0.1) is 17.8 Å². The number of aromatic nitrogens is 1. The van der Waals surface area contributed by atoms with Crippen molar-refractivity contribution in [3.8, 4) is 11.3 Å². The largest absolute Gasteiger partial charge is 0.357 e. The highest BCUT2D eigenvalue weighted by molar-refractivity contribution is 6.20. The molecule has 0 spiro atoms. The molecular weight excluding hydrogens is 286 g/mol. The van der Waals surface area contributed by atoms with E-state index in [1.165, 1.54) is 0 Å². The summed E-state index contributed by atoms with van der Waals surface area (Å²) in [5, 5.41) is 6.42. The highest BCUT2D eigenvalue weighted by atomic mass is 35.5. The number of halogens is 1. The Hall–Kier alpha value is -1.46. The molecule has 0 bridgehead atoms. The van der Waals surface area contributed by atoms with E-state index in [1.807, 2.05) is 18.2 Å². The van der Waals surface area contributed by atoms with Gasteiger partial charge in [-0.05, 0) is 17.7 Å². The van der Waals surface area contributed by atoms with Gasteiger partial charge in [0.15, 0.2) is 0 Å². The second kappa shape index (κ2) is 7.00. The summed E-state index contributed by atoms with van der Waals surface area (Å²) in [6.07, 6.45) is 1.76. The summed E-state index contributed by atoms with van der Waals surface area (Å²) in [7, 11) is 0. The third-order valence-corrected chi connectivity index (χ3v) is 3.67. The molecule has 1 fully saturated rings. The highest BCUT2D eigenvalue weighted by Gasteiger charge is 2.18. The Kier molecular flexibility index (Phi) is 4.83. The number of rotatable bonds is 4. The van der Waals surface area contributed by atoms with Crippen LogP contribution in [0.5, 0.6) is 0 Å². The maximum Gasteiger partial charge on any atom is 0.122 e. The van der Waals surface area contributed by atoms with Gasteiger partial charge in [-0.3, -0.25) is 10.3 Å². The molecule has 3 rings (SSSR count). The lowest BCUT2D eigenvalue weighted by atomic mass is 10.1. The molecule has 1 aliphatic rings. The monoisotopic (exact) mass is 303 g/mol. The molecule has 5 heteroatoms. The van der Waals surface area contributed by atoms with E-state index in [1.54, 1.807) is 6.20 Å². The van der Waals surface area contributed by atoms with Crippen molar-refractivity contribution in [2.45, 2.75) is 18.3 Å². The van der Waals surface area contributed by atoms with Gasteiger partial charge in [0.2, 0.25) is 0 Å². The number of ether oxygens (including phenoxy) is 1. The average Bonchev–Trinajstić information content (AvgIpc) is 2.54. The van der Waals surface area contributed by atoms with E-state index in [-0.39, 0.29) is 11.7 Å². The molecule has 0 saturated carbocycles. The summed E-state index contributed by atoms with van der Waals surface area (Å²) in [5.41, 5.74) is 3.15. The normalized spacial score (nSPS) is 22.1. The van der Waals surface area contributed by atoms with Crippen LogP contribution in [0.25, 0.3) is 11.3 Å². The van der Waals surface area contributed by atoms with E-state index in [0.717, 1.165) is 29.9 Å². The maximum absolute atomic E-state index is 6.02. The number of piperazine rings is 1. The first-order chi connectivity index (χ1) is 10.3. The van der Waals surface area contributed by atoms with E-state index < -0.39 is 0 Å². The molecule has 1 saturated heterocycles. The summed E-state index contributed by atoms with van der Waals surface area (Å²) in [5.74, 6) is 0. The van der Waals surface area contributed by atoms with Gasteiger partial charge in [0.25, 0.3) is 0 Å². The van der Waals surface area contributed by atoms with Crippen LogP contribution < -0.4 is 10.6 Å². The molecule has 2 N–H and O–H groups in total. The molecular formula is C16H18ClN3O. The van der Waals surface area contributed by atoms with Crippen molar-refractivity contribution in [1.82, 2.24) is 15.6 Å². The van der Waals surface area contributed by atoms with Gasteiger partial charge < -0.3 is 10.1 Å². The van der Waals surface area contributed by atoms with Gasteiger partial charge in [-0.2, -0.15) is 0 Å². The SMILES string of the molecule is ClC1CNCC(OCc2ccc(-c3ccccn3)cc2)N1. The van der Waals surface area contributed by atoms with Crippen molar-refractivity contribution in [3.05, 3.63) is 54.2 Å². The fourth-order valence-corrected chi connectivity index (χ4v) is 2.52. The third kappa shape index (κ3) is 4.02. The quantitative estimate of drug-likeness (QED) is 0.672. The van der Waals surface area contributed by atoms with Crippen LogP contribution in [0, 0.1) is 0 Å². The summed E-state index contributed by atoms with van der Waals surface area (Å²) < 4.78 is 5.81. The molecule has 1 aromatic carbocycles. The Morgan fingerprint density at radius 2 is 2.00 bits per heavy atom. The van der Waals surface area contributed by atoms with Crippen LogP contribution in [0.2, 0.25) is 0 Å². The standard InChI is InChI=1S/C16H18ClN3O/c17-15-9-18-10-16(20-15)21-11-12-4-6-13(7-5-12)14-3-1-2-8-19-14/h1-8,15-16,18,20H,9-11H2. The van der Waals surface area contributed by atoms with Crippen LogP contribution >= 0.6 is 11.6 Å². The topological polar surface area (TPSA) is 46.2 Å². The van der Waals surface area contributed by atoms with Crippen molar-refractivity contribution in [2.75, 3.05) is 13.1 Å². The molecule has 2 unspecified atom stereocenters. The van der Waals surface area contributed by atoms with E-state index in [0.29, 0.717) is 6.61 Å². The van der Waals surface area contributed by atoms with E-state index in [9.17, 15) is 0 Å². The number of nitrogens with zero attached hydrogens (tertiary/aromatic N) is 1. The Morgan fingerprint density at radius 1 is 1.14 bits per heavy atom. The predicted octanol–water partition coefficient (Wildman–Crippen LogP) is 2.35. The van der Waals surface area contributed by atoms with Gasteiger partial charge in [-0.1, -0.05) is 30.3 Å². The molecule has 1 aliphatic heterocycles. The Balaban J connectivity index is 1.57. The first-order valence-corrected chi connectivity index (χ1v) is 7.48.